The van der Waals surface area contributed by atoms with Crippen LogP contribution in [0.1, 0.15) is 26.7 Å². The van der Waals surface area contributed by atoms with E-state index < -0.39 is 18.0 Å². The molecule has 94 valence electrons. The molecule has 0 saturated carbocycles. The maximum Gasteiger partial charge on any atom is 0.320 e. The fraction of sp³-hybridized carbons (Fsp3) is 0.800. The first-order valence-electron chi connectivity index (χ1n) is 5.30. The van der Waals surface area contributed by atoms with Gasteiger partial charge in [0.1, 0.15) is 12.1 Å². The number of carbonyl (C=O) groups is 2. The molecule has 1 aliphatic heterocycles. The van der Waals surface area contributed by atoms with Gasteiger partial charge in [0.05, 0.1) is 0 Å². The van der Waals surface area contributed by atoms with Gasteiger partial charge >= 0.3 is 11.9 Å². The molecule has 1 aliphatic rings. The number of nitrogens with two attached hydrogens (primary N) is 1. The molecule has 0 amide bonds. The molecule has 2 atom stereocenters. The minimum absolute atomic E-state index is 0.0208. The van der Waals surface area contributed by atoms with E-state index in [0.29, 0.717) is 0 Å². The van der Waals surface area contributed by atoms with Gasteiger partial charge in [-0.2, -0.15) is 0 Å². The summed E-state index contributed by atoms with van der Waals surface area (Å²) < 4.78 is 0. The molecular weight excluding hydrogens is 212 g/mol. The van der Waals surface area contributed by atoms with E-state index in [1.165, 1.54) is 0 Å². The molecular formula is C10H20N2O4. The van der Waals surface area contributed by atoms with Crippen LogP contribution in [0.15, 0.2) is 0 Å². The standard InChI is InChI=1S/C5H9NO2.C5H11NO2/c7-5(8)4-2-1-3-6-4;1-3(2)4(6)5(7)8/h4,6H,1-3H2,(H,7,8);3-4H,6H2,1-2H3,(H,7,8). The Bertz CT molecular complexity index is 225. The molecule has 1 saturated heterocycles. The van der Waals surface area contributed by atoms with Gasteiger partial charge in [-0.05, 0) is 25.3 Å². The van der Waals surface area contributed by atoms with Crippen molar-refractivity contribution in [3.05, 3.63) is 0 Å². The van der Waals surface area contributed by atoms with Gasteiger partial charge in [-0.25, -0.2) is 0 Å². The maximum atomic E-state index is 10.1. The van der Waals surface area contributed by atoms with Crippen LogP contribution in [0.25, 0.3) is 0 Å². The van der Waals surface area contributed by atoms with Crippen molar-refractivity contribution < 1.29 is 19.8 Å². The fourth-order valence-electron chi connectivity index (χ4n) is 1.18. The molecule has 5 N–H and O–H groups in total. The van der Waals surface area contributed by atoms with Gasteiger partial charge in [0, 0.05) is 0 Å². The summed E-state index contributed by atoms with van der Waals surface area (Å²) in [5.41, 5.74) is 5.16. The lowest BCUT2D eigenvalue weighted by Crippen LogP contribution is -2.34. The molecule has 0 aliphatic carbocycles. The molecule has 2 unspecified atom stereocenters. The summed E-state index contributed by atoms with van der Waals surface area (Å²) in [6.07, 6.45) is 1.78. The summed E-state index contributed by atoms with van der Waals surface area (Å²) >= 11 is 0. The first kappa shape index (κ1) is 14.9. The Morgan fingerprint density at radius 1 is 1.38 bits per heavy atom. The Morgan fingerprint density at radius 3 is 2.06 bits per heavy atom. The molecule has 6 nitrogen and oxygen atoms in total. The number of hydrogen-bond acceptors (Lipinski definition) is 4. The largest absolute Gasteiger partial charge is 0.480 e. The number of aliphatic carboxylic acids is 2. The maximum absolute atomic E-state index is 10.1. The lowest BCUT2D eigenvalue weighted by atomic mass is 10.1. The van der Waals surface area contributed by atoms with Crippen molar-refractivity contribution in [3.63, 3.8) is 0 Å². The highest BCUT2D eigenvalue weighted by molar-refractivity contribution is 5.73. The monoisotopic (exact) mass is 232 g/mol. The predicted molar refractivity (Wildman–Crippen MR) is 59.1 cm³/mol. The topological polar surface area (TPSA) is 113 Å². The minimum atomic E-state index is -0.931. The molecule has 0 aromatic rings. The van der Waals surface area contributed by atoms with Crippen LogP contribution in [-0.4, -0.2) is 40.8 Å². The zero-order chi connectivity index (χ0) is 12.7. The van der Waals surface area contributed by atoms with E-state index in [2.05, 4.69) is 5.32 Å². The second-order valence-electron chi connectivity index (χ2n) is 4.10. The first-order chi connectivity index (χ1) is 7.36. The minimum Gasteiger partial charge on any atom is -0.480 e. The molecule has 1 heterocycles. The predicted octanol–water partition coefficient (Wildman–Crippen LogP) is -0.123. The molecule has 0 aromatic carbocycles. The average molecular weight is 232 g/mol. The Balaban J connectivity index is 0.000000281. The lowest BCUT2D eigenvalue weighted by Gasteiger charge is -2.07. The third-order valence-corrected chi connectivity index (χ3v) is 2.36. The fourth-order valence-corrected chi connectivity index (χ4v) is 1.18. The summed E-state index contributed by atoms with van der Waals surface area (Å²) in [4.78, 5) is 20.2. The van der Waals surface area contributed by atoms with Gasteiger partial charge < -0.3 is 21.3 Å². The molecule has 1 fully saturated rings. The van der Waals surface area contributed by atoms with Crippen molar-refractivity contribution in [2.75, 3.05) is 6.54 Å². The van der Waals surface area contributed by atoms with Crippen LogP contribution in [0.2, 0.25) is 0 Å². The molecule has 0 bridgehead atoms. The number of rotatable bonds is 3. The molecule has 0 spiro atoms. The summed E-state index contributed by atoms with van der Waals surface area (Å²) in [6.45, 7) is 4.41. The lowest BCUT2D eigenvalue weighted by molar-refractivity contribution is -0.140. The number of nitrogens with one attached hydrogen (secondary N) is 1. The Morgan fingerprint density at radius 2 is 1.94 bits per heavy atom. The van der Waals surface area contributed by atoms with Crippen molar-refractivity contribution in [2.24, 2.45) is 11.7 Å². The first-order valence-corrected chi connectivity index (χ1v) is 5.30. The highest BCUT2D eigenvalue weighted by atomic mass is 16.4. The second kappa shape index (κ2) is 7.19. The Kier molecular flexibility index (Phi) is 6.67. The van der Waals surface area contributed by atoms with Crippen LogP contribution in [0, 0.1) is 5.92 Å². The van der Waals surface area contributed by atoms with Gasteiger partial charge in [-0.3, -0.25) is 9.59 Å². The number of carboxylic acid groups (broad SMARTS) is 2. The summed E-state index contributed by atoms with van der Waals surface area (Å²) in [5.74, 6) is -1.63. The highest BCUT2D eigenvalue weighted by Gasteiger charge is 2.20. The van der Waals surface area contributed by atoms with Crippen LogP contribution in [0.4, 0.5) is 0 Å². The summed E-state index contributed by atoms with van der Waals surface area (Å²) in [5, 5.41) is 19.4. The third-order valence-electron chi connectivity index (χ3n) is 2.36. The van der Waals surface area contributed by atoms with E-state index in [1.807, 2.05) is 0 Å². The van der Waals surface area contributed by atoms with Crippen molar-refractivity contribution in [3.8, 4) is 0 Å². The Hall–Kier alpha value is -1.14. The average Bonchev–Trinajstić information content (AvgIpc) is 2.70. The quantitative estimate of drug-likeness (QED) is 0.539. The summed E-state index contributed by atoms with van der Waals surface area (Å²) in [6, 6.07) is -0.981. The van der Waals surface area contributed by atoms with Crippen LogP contribution in [-0.2, 0) is 9.59 Å². The molecule has 0 radical (unpaired) electrons. The van der Waals surface area contributed by atoms with Crippen molar-refractivity contribution >= 4 is 11.9 Å². The zero-order valence-corrected chi connectivity index (χ0v) is 9.64. The van der Waals surface area contributed by atoms with E-state index in [-0.39, 0.29) is 12.0 Å². The van der Waals surface area contributed by atoms with E-state index >= 15 is 0 Å². The molecule has 0 aromatic heterocycles. The Labute approximate surface area is 94.8 Å². The van der Waals surface area contributed by atoms with Gasteiger partial charge in [-0.15, -0.1) is 0 Å². The zero-order valence-electron chi connectivity index (χ0n) is 9.64. The molecule has 1 rings (SSSR count). The van der Waals surface area contributed by atoms with Crippen LogP contribution in [0.5, 0.6) is 0 Å². The van der Waals surface area contributed by atoms with Crippen LogP contribution >= 0.6 is 0 Å². The van der Waals surface area contributed by atoms with Crippen molar-refractivity contribution in [1.29, 1.82) is 0 Å². The normalized spacial score (nSPS) is 21.1. The van der Waals surface area contributed by atoms with Crippen LogP contribution < -0.4 is 11.1 Å². The van der Waals surface area contributed by atoms with Gasteiger partial charge in [0.2, 0.25) is 0 Å². The van der Waals surface area contributed by atoms with Crippen LogP contribution in [0.3, 0.4) is 0 Å². The van der Waals surface area contributed by atoms with E-state index in [1.54, 1.807) is 13.8 Å². The summed E-state index contributed by atoms with van der Waals surface area (Å²) in [7, 11) is 0. The van der Waals surface area contributed by atoms with Crippen molar-refractivity contribution in [2.45, 2.75) is 38.8 Å². The van der Waals surface area contributed by atoms with E-state index in [4.69, 9.17) is 15.9 Å². The number of carboxylic acids is 2. The van der Waals surface area contributed by atoms with E-state index in [9.17, 15) is 9.59 Å². The van der Waals surface area contributed by atoms with Gasteiger partial charge in [-0.1, -0.05) is 13.8 Å². The highest BCUT2D eigenvalue weighted by Crippen LogP contribution is 2.03. The smallest absolute Gasteiger partial charge is 0.320 e. The van der Waals surface area contributed by atoms with Crippen molar-refractivity contribution in [1.82, 2.24) is 5.32 Å². The van der Waals surface area contributed by atoms with E-state index in [0.717, 1.165) is 19.4 Å². The third kappa shape index (κ3) is 5.67. The second-order valence-corrected chi connectivity index (χ2v) is 4.10. The number of hydrogen-bond donors (Lipinski definition) is 4. The SMILES string of the molecule is CC(C)C(N)C(=O)O.O=C(O)C1CCCN1. The van der Waals surface area contributed by atoms with Gasteiger partial charge in [0.25, 0.3) is 0 Å². The van der Waals surface area contributed by atoms with Gasteiger partial charge in [0.15, 0.2) is 0 Å². The molecule has 16 heavy (non-hydrogen) atoms. The molecule has 6 heteroatoms.